The molecule has 7 aromatic rings. The number of hydrogen-bond acceptors (Lipinski definition) is 2. The summed E-state index contributed by atoms with van der Waals surface area (Å²) >= 11 is 5.50. The number of hydrogen-bond donors (Lipinski definition) is 0. The molecule has 0 bridgehead atoms. The Balaban J connectivity index is 0.00000112. The fourth-order valence-electron chi connectivity index (χ4n) is 5.03. The van der Waals surface area contributed by atoms with Crippen molar-refractivity contribution in [3.8, 4) is 27.0 Å². The Morgan fingerprint density at radius 1 is 0.514 bits per heavy atom. The van der Waals surface area contributed by atoms with Crippen LogP contribution in [0, 0.1) is 0 Å². The maximum atomic E-state index is 4.58. The molecule has 0 radical (unpaired) electrons. The van der Waals surface area contributed by atoms with Gasteiger partial charge in [0.1, 0.15) is 0 Å². The molecule has 0 amide bonds. The molecule has 0 aliphatic rings. The zero-order valence-electron chi connectivity index (χ0n) is 18.4. The van der Waals surface area contributed by atoms with Gasteiger partial charge < -0.3 is 0 Å². The van der Waals surface area contributed by atoms with Crippen LogP contribution in [0.5, 0.6) is 0 Å². The van der Waals surface area contributed by atoms with Gasteiger partial charge in [-0.15, -0.1) is 22.7 Å². The first-order chi connectivity index (χ1) is 17.4. The van der Waals surface area contributed by atoms with Crippen LogP contribution in [-0.4, -0.2) is 0 Å². The first-order valence-electron chi connectivity index (χ1n) is 11.1. The molecule has 0 spiro atoms. The van der Waals surface area contributed by atoms with Gasteiger partial charge in [-0.05, 0) is 39.3 Å². The number of thiophene rings is 2. The van der Waals surface area contributed by atoms with Crippen molar-refractivity contribution in [3.05, 3.63) is 114 Å². The molecule has 3 heterocycles. The van der Waals surface area contributed by atoms with Gasteiger partial charge in [0.2, 0.25) is 0 Å². The van der Waals surface area contributed by atoms with Crippen molar-refractivity contribution >= 4 is 70.3 Å². The molecular weight excluding hydrogens is 688 g/mol. The summed E-state index contributed by atoms with van der Waals surface area (Å²) in [4.78, 5) is 0. The molecule has 0 aliphatic carbocycles. The predicted molar refractivity (Wildman–Crippen MR) is 155 cm³/mol. The van der Waals surface area contributed by atoms with Crippen molar-refractivity contribution in [2.45, 2.75) is 0 Å². The third kappa shape index (κ3) is 3.86. The molecular formula is C30H19AuClPS2. The summed E-state index contributed by atoms with van der Waals surface area (Å²) in [5.74, 6) is 0. The minimum Gasteiger partial charge on any atom is -0.142 e. The Kier molecular flexibility index (Phi) is 6.71. The Bertz CT molecular complexity index is 1640. The SMILES string of the molecule is [Cl][Au].c1ccc(-c2c3c4ccsc4c4sccc4c3c(-c3ccccc3)p2-c2ccccc2)cc1. The van der Waals surface area contributed by atoms with Crippen molar-refractivity contribution in [2.75, 3.05) is 0 Å². The van der Waals surface area contributed by atoms with Crippen LogP contribution in [0.15, 0.2) is 114 Å². The van der Waals surface area contributed by atoms with E-state index in [-0.39, 0.29) is 0 Å². The van der Waals surface area contributed by atoms with Crippen LogP contribution in [0.25, 0.3) is 58.0 Å². The molecule has 0 fully saturated rings. The molecule has 5 heteroatoms. The molecule has 0 atom stereocenters. The maximum Gasteiger partial charge on any atom is 0.0527 e. The van der Waals surface area contributed by atoms with Crippen molar-refractivity contribution in [1.82, 2.24) is 0 Å². The monoisotopic (exact) mass is 706 g/mol. The van der Waals surface area contributed by atoms with E-state index in [1.165, 1.54) is 58.0 Å². The maximum absolute atomic E-state index is 4.58. The van der Waals surface area contributed by atoms with Crippen molar-refractivity contribution in [2.24, 2.45) is 0 Å². The topological polar surface area (TPSA) is 0 Å². The van der Waals surface area contributed by atoms with E-state index < -0.39 is 7.53 Å². The Morgan fingerprint density at radius 2 is 0.914 bits per heavy atom. The summed E-state index contributed by atoms with van der Waals surface area (Å²) in [5, 5.41) is 14.6. The zero-order valence-corrected chi connectivity index (χ0v) is 23.9. The zero-order chi connectivity index (χ0) is 23.8. The van der Waals surface area contributed by atoms with Gasteiger partial charge >= 0.3 is 29.2 Å². The van der Waals surface area contributed by atoms with Gasteiger partial charge in [-0.2, -0.15) is 0 Å². The van der Waals surface area contributed by atoms with Gasteiger partial charge in [0.05, 0.1) is 9.40 Å². The molecule has 0 saturated carbocycles. The van der Waals surface area contributed by atoms with Gasteiger partial charge in [0.25, 0.3) is 0 Å². The summed E-state index contributed by atoms with van der Waals surface area (Å²) in [6.45, 7) is 0. The van der Waals surface area contributed by atoms with Gasteiger partial charge in [0, 0.05) is 32.1 Å². The number of rotatable bonds is 3. The Hall–Kier alpha value is -2.13. The van der Waals surface area contributed by atoms with Crippen LogP contribution in [0.2, 0.25) is 0 Å². The second kappa shape index (κ2) is 10.1. The molecule has 0 nitrogen and oxygen atoms in total. The first kappa shape index (κ1) is 23.3. The average molecular weight is 707 g/mol. The molecule has 0 saturated heterocycles. The first-order valence-corrected chi connectivity index (χ1v) is 16.9. The minimum atomic E-state index is -0.713. The van der Waals surface area contributed by atoms with Crippen LogP contribution >= 0.6 is 39.4 Å². The van der Waals surface area contributed by atoms with Crippen LogP contribution in [0.1, 0.15) is 0 Å². The van der Waals surface area contributed by atoms with Crippen molar-refractivity contribution in [1.29, 1.82) is 0 Å². The van der Waals surface area contributed by atoms with E-state index in [0.717, 1.165) is 0 Å². The second-order valence-corrected chi connectivity index (χ2v) is 12.1. The standard InChI is InChI=1S/C30H19PS2.Au.ClH/c1-4-10-20(11-5-1)27-25-23-16-18-32-29(23)30-24(17-19-33-30)26(25)28(21-12-6-2-7-13-21)31(27)22-14-8-3-9-15-22;;/h1-19H;;1H/q;+1;/p-1. The van der Waals surface area contributed by atoms with Crippen LogP contribution in [0.4, 0.5) is 0 Å². The normalized spacial score (nSPS) is 11.2. The van der Waals surface area contributed by atoms with E-state index in [9.17, 15) is 0 Å². The molecule has 174 valence electrons. The summed E-state index contributed by atoms with van der Waals surface area (Å²) in [7, 11) is 3.87. The van der Waals surface area contributed by atoms with E-state index in [1.807, 2.05) is 22.7 Å². The predicted octanol–water partition coefficient (Wildman–Crippen LogP) is 11.3. The third-order valence-electron chi connectivity index (χ3n) is 6.36. The number of fused-ring (bicyclic) bond motifs is 6. The fourth-order valence-corrected chi connectivity index (χ4v) is 9.97. The summed E-state index contributed by atoms with van der Waals surface area (Å²) < 4.78 is 2.84. The van der Waals surface area contributed by atoms with Crippen molar-refractivity contribution < 1.29 is 20.0 Å². The van der Waals surface area contributed by atoms with Gasteiger partial charge in [0.15, 0.2) is 0 Å². The number of benzene rings is 4. The third-order valence-corrected chi connectivity index (χ3v) is 11.0. The molecule has 0 unspecified atom stereocenters. The molecule has 7 rings (SSSR count). The second-order valence-electron chi connectivity index (χ2n) is 8.18. The van der Waals surface area contributed by atoms with Crippen LogP contribution in [-0.2, 0) is 20.0 Å². The van der Waals surface area contributed by atoms with Crippen molar-refractivity contribution in [3.63, 3.8) is 0 Å². The fraction of sp³-hybridized carbons (Fsp3) is 0. The average Bonchev–Trinajstić information content (AvgIpc) is 3.68. The quantitative estimate of drug-likeness (QED) is 0.161. The van der Waals surface area contributed by atoms with Gasteiger partial charge in [-0.25, -0.2) is 0 Å². The van der Waals surface area contributed by atoms with E-state index >= 15 is 0 Å². The van der Waals surface area contributed by atoms with E-state index in [0.29, 0.717) is 0 Å². The molecule has 0 aliphatic heterocycles. The van der Waals surface area contributed by atoms with Gasteiger partial charge in [-0.3, -0.25) is 0 Å². The van der Waals surface area contributed by atoms with E-state index in [4.69, 9.17) is 0 Å². The molecule has 4 aromatic carbocycles. The molecule has 0 N–H and O–H groups in total. The van der Waals surface area contributed by atoms with E-state index in [2.05, 4.69) is 123 Å². The summed E-state index contributed by atoms with van der Waals surface area (Å²) in [6.07, 6.45) is 0. The Morgan fingerprint density at radius 3 is 1.34 bits per heavy atom. The molecule has 3 aromatic heterocycles. The minimum absolute atomic E-state index is 0.713. The van der Waals surface area contributed by atoms with E-state index in [1.54, 1.807) is 20.0 Å². The Labute approximate surface area is 229 Å². The van der Waals surface area contributed by atoms with Gasteiger partial charge in [-0.1, -0.05) is 98.5 Å². The largest absolute Gasteiger partial charge is 0.142 e. The molecule has 35 heavy (non-hydrogen) atoms. The van der Waals surface area contributed by atoms with Crippen LogP contribution < -0.4 is 0 Å². The number of halogens is 1. The summed E-state index contributed by atoms with van der Waals surface area (Å²) in [6, 6.07) is 37.9. The van der Waals surface area contributed by atoms with Crippen LogP contribution in [0.3, 0.4) is 0 Å². The summed E-state index contributed by atoms with van der Waals surface area (Å²) in [5.41, 5.74) is 2.67. The smallest absolute Gasteiger partial charge is 0.0527 e.